The molecule has 2 aromatic carbocycles. The predicted octanol–water partition coefficient (Wildman–Crippen LogP) is 4.71. The highest BCUT2D eigenvalue weighted by Crippen LogP contribution is 2.40. The van der Waals surface area contributed by atoms with Gasteiger partial charge in [-0.25, -0.2) is 9.59 Å². The Labute approximate surface area is 235 Å². The van der Waals surface area contributed by atoms with Crippen LogP contribution in [0, 0.1) is 6.92 Å². The molecule has 41 heavy (non-hydrogen) atoms. The lowest BCUT2D eigenvalue weighted by Gasteiger charge is -2.18. The van der Waals surface area contributed by atoms with E-state index in [4.69, 9.17) is 18.6 Å². The number of fused-ring (bicyclic) bond motifs is 2. The molecule has 0 aliphatic rings. The van der Waals surface area contributed by atoms with E-state index in [2.05, 4.69) is 4.74 Å². The summed E-state index contributed by atoms with van der Waals surface area (Å²) in [5.74, 6) is -2.18. The lowest BCUT2D eigenvalue weighted by molar-refractivity contribution is -0.140. The normalized spacial score (nSPS) is 10.7. The minimum atomic E-state index is -1.27. The average Bonchev–Trinajstić information content (AvgIpc) is 2.89. The maximum Gasteiger partial charge on any atom is 0.341 e. The predicted molar refractivity (Wildman–Crippen MR) is 150 cm³/mol. The molecule has 1 heterocycles. The van der Waals surface area contributed by atoms with Gasteiger partial charge in [-0.1, -0.05) is 23.3 Å². The standard InChI is InChI=1S/C30H32O11/c1-16(2)6-8-19-18(5)21(40-15-37-14-31)10-23-27(19)29(36)28-24(41-23)11-22(38-12-25(32)33)20(9-7-17(3)4)30(28)39-13-26(34)35/h6-7,10-11,14H,8-9,12-13,15H2,1-5H3,(H,32,33)(H,34,35). The fraction of sp³-hybridized carbons (Fsp3) is 0.333. The number of ether oxygens (including phenoxy) is 4. The monoisotopic (exact) mass is 568 g/mol. The molecule has 218 valence electrons. The molecule has 0 bridgehead atoms. The lowest BCUT2D eigenvalue weighted by Crippen LogP contribution is -2.16. The van der Waals surface area contributed by atoms with E-state index < -0.39 is 30.6 Å². The van der Waals surface area contributed by atoms with E-state index in [0.29, 0.717) is 28.9 Å². The van der Waals surface area contributed by atoms with Crippen LogP contribution in [0.4, 0.5) is 0 Å². The molecule has 0 spiro atoms. The summed E-state index contributed by atoms with van der Waals surface area (Å²) in [5.41, 5.74) is 3.13. The van der Waals surface area contributed by atoms with E-state index in [0.717, 1.165) is 11.1 Å². The maximum atomic E-state index is 14.2. The Balaban J connectivity index is 2.48. The highest BCUT2D eigenvalue weighted by Gasteiger charge is 2.25. The highest BCUT2D eigenvalue weighted by molar-refractivity contribution is 5.97. The van der Waals surface area contributed by atoms with E-state index in [1.165, 1.54) is 12.1 Å². The van der Waals surface area contributed by atoms with Crippen LogP contribution in [0.3, 0.4) is 0 Å². The first-order valence-corrected chi connectivity index (χ1v) is 12.7. The van der Waals surface area contributed by atoms with Crippen molar-refractivity contribution < 1.29 is 48.0 Å². The number of aliphatic carboxylic acids is 2. The van der Waals surface area contributed by atoms with Crippen molar-refractivity contribution in [2.75, 3.05) is 20.0 Å². The molecule has 0 radical (unpaired) electrons. The third-order valence-corrected chi connectivity index (χ3v) is 6.08. The summed E-state index contributed by atoms with van der Waals surface area (Å²) >= 11 is 0. The van der Waals surface area contributed by atoms with Crippen molar-refractivity contribution in [2.24, 2.45) is 0 Å². The molecule has 0 amide bonds. The second kappa shape index (κ2) is 13.5. The van der Waals surface area contributed by atoms with E-state index >= 15 is 0 Å². The maximum absolute atomic E-state index is 14.2. The second-order valence-electron chi connectivity index (χ2n) is 9.70. The molecule has 3 rings (SSSR count). The van der Waals surface area contributed by atoms with Gasteiger partial charge in [0.05, 0.1) is 5.39 Å². The van der Waals surface area contributed by atoms with E-state index in [1.807, 2.05) is 39.8 Å². The van der Waals surface area contributed by atoms with Crippen LogP contribution in [0.5, 0.6) is 17.2 Å². The van der Waals surface area contributed by atoms with Crippen LogP contribution in [0.2, 0.25) is 0 Å². The van der Waals surface area contributed by atoms with Crippen molar-refractivity contribution in [3.63, 3.8) is 0 Å². The van der Waals surface area contributed by atoms with Crippen molar-refractivity contribution >= 4 is 40.3 Å². The topological polar surface area (TPSA) is 159 Å². The van der Waals surface area contributed by atoms with Crippen molar-refractivity contribution in [2.45, 2.75) is 47.5 Å². The molecule has 3 aromatic rings. The highest BCUT2D eigenvalue weighted by atomic mass is 16.7. The summed E-state index contributed by atoms with van der Waals surface area (Å²) in [4.78, 5) is 47.6. The number of hydrogen-bond acceptors (Lipinski definition) is 9. The van der Waals surface area contributed by atoms with Crippen LogP contribution in [0.15, 0.2) is 44.6 Å². The Bertz CT molecular complexity index is 1600. The molecule has 0 saturated heterocycles. The van der Waals surface area contributed by atoms with Gasteiger partial charge in [0, 0.05) is 17.7 Å². The third kappa shape index (κ3) is 7.44. The Morgan fingerprint density at radius 1 is 0.829 bits per heavy atom. The third-order valence-electron chi connectivity index (χ3n) is 6.08. The zero-order chi connectivity index (χ0) is 30.3. The number of rotatable bonds is 14. The molecule has 2 N–H and O–H groups in total. The lowest BCUT2D eigenvalue weighted by atomic mass is 9.96. The quantitative estimate of drug-likeness (QED) is 0.0912. The van der Waals surface area contributed by atoms with Gasteiger partial charge in [0.25, 0.3) is 6.47 Å². The van der Waals surface area contributed by atoms with Crippen LogP contribution in [0.1, 0.15) is 44.4 Å². The molecule has 0 aliphatic carbocycles. The Hall–Kier alpha value is -4.80. The van der Waals surface area contributed by atoms with Crippen LogP contribution < -0.4 is 19.6 Å². The van der Waals surface area contributed by atoms with Gasteiger partial charge in [-0.15, -0.1) is 0 Å². The SMILES string of the molecule is CC(C)=CCc1c(OCC(=O)O)cc2oc3cc(OCOC=O)c(C)c(CC=C(C)C)c3c(=O)c2c1OCC(=O)O. The summed E-state index contributed by atoms with van der Waals surface area (Å²) in [7, 11) is 0. The molecule has 11 nitrogen and oxygen atoms in total. The Morgan fingerprint density at radius 3 is 1.98 bits per heavy atom. The number of carbonyl (C=O) groups excluding carboxylic acids is 1. The first-order chi connectivity index (χ1) is 19.4. The largest absolute Gasteiger partial charge is 0.481 e. The summed E-state index contributed by atoms with van der Waals surface area (Å²) in [5, 5.41) is 18.8. The summed E-state index contributed by atoms with van der Waals surface area (Å²) < 4.78 is 27.7. The minimum absolute atomic E-state index is 0.00339. The average molecular weight is 569 g/mol. The summed E-state index contributed by atoms with van der Waals surface area (Å²) in [6, 6.07) is 2.89. The molecule has 0 aliphatic heterocycles. The number of benzene rings is 2. The van der Waals surface area contributed by atoms with Crippen molar-refractivity contribution in [3.8, 4) is 17.2 Å². The molecule has 0 saturated carbocycles. The minimum Gasteiger partial charge on any atom is -0.481 e. The van der Waals surface area contributed by atoms with E-state index in [1.54, 1.807) is 6.92 Å². The van der Waals surface area contributed by atoms with Gasteiger partial charge < -0.3 is 33.6 Å². The molecular formula is C30H32O11. The fourth-order valence-electron chi connectivity index (χ4n) is 4.20. The van der Waals surface area contributed by atoms with Gasteiger partial charge in [-0.05, 0) is 58.6 Å². The van der Waals surface area contributed by atoms with Gasteiger partial charge >= 0.3 is 11.9 Å². The molecule has 0 atom stereocenters. The first kappa shape index (κ1) is 30.7. The second-order valence-corrected chi connectivity index (χ2v) is 9.70. The van der Waals surface area contributed by atoms with Gasteiger partial charge in [0.15, 0.2) is 13.2 Å². The van der Waals surface area contributed by atoms with Gasteiger partial charge in [-0.3, -0.25) is 9.59 Å². The summed E-state index contributed by atoms with van der Waals surface area (Å²) in [6.07, 6.45) is 4.28. The molecular weight excluding hydrogens is 536 g/mol. The van der Waals surface area contributed by atoms with Crippen LogP contribution in [-0.2, 0) is 32.0 Å². The number of carbonyl (C=O) groups is 3. The first-order valence-electron chi connectivity index (χ1n) is 12.7. The smallest absolute Gasteiger partial charge is 0.341 e. The van der Waals surface area contributed by atoms with Crippen molar-refractivity contribution in [1.29, 1.82) is 0 Å². The van der Waals surface area contributed by atoms with Gasteiger partial charge in [0.2, 0.25) is 12.2 Å². The van der Waals surface area contributed by atoms with Crippen LogP contribution in [-0.4, -0.2) is 48.6 Å². The number of carboxylic acid groups (broad SMARTS) is 2. The van der Waals surface area contributed by atoms with Gasteiger partial charge in [0.1, 0.15) is 33.8 Å². The van der Waals surface area contributed by atoms with Crippen LogP contribution >= 0.6 is 0 Å². The fourth-order valence-corrected chi connectivity index (χ4v) is 4.20. The van der Waals surface area contributed by atoms with E-state index in [9.17, 15) is 29.4 Å². The van der Waals surface area contributed by atoms with Gasteiger partial charge in [-0.2, -0.15) is 0 Å². The number of carboxylic acids is 2. The zero-order valence-corrected chi connectivity index (χ0v) is 23.5. The Kier molecular flexibility index (Phi) is 10.1. The molecule has 0 fully saturated rings. The van der Waals surface area contributed by atoms with Crippen molar-refractivity contribution in [1.82, 2.24) is 0 Å². The number of allylic oxidation sites excluding steroid dienone is 4. The number of hydrogen-bond donors (Lipinski definition) is 2. The summed E-state index contributed by atoms with van der Waals surface area (Å²) in [6.45, 7) is 7.75. The molecule has 11 heteroatoms. The Morgan fingerprint density at radius 2 is 1.39 bits per heavy atom. The molecule has 1 aromatic heterocycles. The zero-order valence-electron chi connectivity index (χ0n) is 23.5. The van der Waals surface area contributed by atoms with Crippen LogP contribution in [0.25, 0.3) is 21.9 Å². The molecule has 0 unspecified atom stereocenters. The van der Waals surface area contributed by atoms with Crippen molar-refractivity contribution in [3.05, 3.63) is 62.3 Å². The van der Waals surface area contributed by atoms with E-state index in [-0.39, 0.29) is 53.1 Å².